The summed E-state index contributed by atoms with van der Waals surface area (Å²) >= 11 is 7.31. The maximum Gasteiger partial charge on any atom is 0.237 e. The molecular formula is C22H20ClN3O2S. The highest BCUT2D eigenvalue weighted by atomic mass is 35.5. The molecule has 0 saturated carbocycles. The average Bonchev–Trinajstić information content (AvgIpc) is 2.72. The number of rotatable bonds is 7. The molecule has 0 saturated heterocycles. The first kappa shape index (κ1) is 20.9. The summed E-state index contributed by atoms with van der Waals surface area (Å²) in [5, 5.41) is 6.11. The summed E-state index contributed by atoms with van der Waals surface area (Å²) in [5.41, 5.74) is 2.33. The van der Waals surface area contributed by atoms with E-state index in [1.807, 2.05) is 43.3 Å². The Morgan fingerprint density at radius 2 is 1.55 bits per heavy atom. The van der Waals surface area contributed by atoms with Gasteiger partial charge in [-0.05, 0) is 61.0 Å². The van der Waals surface area contributed by atoms with Crippen LogP contribution in [0.4, 0.5) is 11.4 Å². The monoisotopic (exact) mass is 425 g/mol. The molecule has 1 atom stereocenters. The summed E-state index contributed by atoms with van der Waals surface area (Å²) < 4.78 is 0. The van der Waals surface area contributed by atoms with Gasteiger partial charge >= 0.3 is 0 Å². The zero-order valence-corrected chi connectivity index (χ0v) is 17.3. The number of anilines is 2. The van der Waals surface area contributed by atoms with Gasteiger partial charge in [0, 0.05) is 33.7 Å². The minimum atomic E-state index is -0.270. The van der Waals surface area contributed by atoms with Gasteiger partial charge in [0.25, 0.3) is 0 Å². The fourth-order valence-corrected chi connectivity index (χ4v) is 3.54. The number of nitrogens with zero attached hydrogens (tertiary/aromatic N) is 1. The van der Waals surface area contributed by atoms with E-state index in [4.69, 9.17) is 11.6 Å². The van der Waals surface area contributed by atoms with E-state index < -0.39 is 0 Å². The first-order valence-electron chi connectivity index (χ1n) is 9.01. The number of thioether (sulfide) groups is 1. The number of hydrogen-bond acceptors (Lipinski definition) is 4. The van der Waals surface area contributed by atoms with Crippen molar-refractivity contribution < 1.29 is 9.59 Å². The molecule has 2 aromatic carbocycles. The predicted octanol–water partition coefficient (Wildman–Crippen LogP) is 5.04. The van der Waals surface area contributed by atoms with Crippen molar-refractivity contribution in [1.82, 2.24) is 4.98 Å². The van der Waals surface area contributed by atoms with Crippen LogP contribution in [0.15, 0.2) is 78.0 Å². The molecule has 148 valence electrons. The number of halogens is 1. The Hall–Kier alpha value is -2.83. The van der Waals surface area contributed by atoms with Crippen LogP contribution < -0.4 is 10.6 Å². The molecule has 0 spiro atoms. The van der Waals surface area contributed by atoms with Crippen LogP contribution in [0.1, 0.15) is 12.5 Å². The molecule has 7 heteroatoms. The Labute approximate surface area is 178 Å². The van der Waals surface area contributed by atoms with Gasteiger partial charge in [0.15, 0.2) is 0 Å². The molecule has 0 bridgehead atoms. The summed E-state index contributed by atoms with van der Waals surface area (Å²) in [7, 11) is 0. The fraction of sp³-hybridized carbons (Fsp3) is 0.136. The lowest BCUT2D eigenvalue weighted by atomic mass is 10.1. The number of amides is 2. The van der Waals surface area contributed by atoms with Crippen molar-refractivity contribution in [2.24, 2.45) is 0 Å². The Morgan fingerprint density at radius 1 is 0.931 bits per heavy atom. The molecule has 1 aromatic heterocycles. The number of benzene rings is 2. The van der Waals surface area contributed by atoms with Gasteiger partial charge in [-0.15, -0.1) is 11.8 Å². The number of pyridine rings is 1. The zero-order valence-electron chi connectivity index (χ0n) is 15.8. The van der Waals surface area contributed by atoms with Crippen molar-refractivity contribution in [3.05, 3.63) is 83.6 Å². The third-order valence-corrected chi connectivity index (χ3v) is 5.41. The number of hydrogen-bond donors (Lipinski definition) is 2. The van der Waals surface area contributed by atoms with Crippen LogP contribution in [0, 0.1) is 0 Å². The Bertz CT molecular complexity index is 964. The van der Waals surface area contributed by atoms with Crippen molar-refractivity contribution in [2.45, 2.75) is 23.5 Å². The second-order valence-electron chi connectivity index (χ2n) is 6.36. The normalized spacial score (nSPS) is 11.5. The lowest BCUT2D eigenvalue weighted by Crippen LogP contribution is -2.22. The number of carbonyl (C=O) groups is 2. The van der Waals surface area contributed by atoms with Crippen LogP contribution in [-0.4, -0.2) is 22.0 Å². The van der Waals surface area contributed by atoms with E-state index in [1.54, 1.807) is 36.7 Å². The Morgan fingerprint density at radius 3 is 2.21 bits per heavy atom. The van der Waals surface area contributed by atoms with E-state index in [1.165, 1.54) is 11.8 Å². The van der Waals surface area contributed by atoms with Crippen LogP contribution in [0.3, 0.4) is 0 Å². The van der Waals surface area contributed by atoms with Gasteiger partial charge in [0.2, 0.25) is 11.8 Å². The van der Waals surface area contributed by atoms with E-state index in [0.29, 0.717) is 10.7 Å². The van der Waals surface area contributed by atoms with Gasteiger partial charge in [-0.3, -0.25) is 14.6 Å². The molecular weight excluding hydrogens is 406 g/mol. The first-order chi connectivity index (χ1) is 14.0. The van der Waals surface area contributed by atoms with Crippen molar-refractivity contribution >= 4 is 46.6 Å². The van der Waals surface area contributed by atoms with Crippen LogP contribution in [0.25, 0.3) is 0 Å². The highest BCUT2D eigenvalue weighted by molar-refractivity contribution is 8.00. The van der Waals surface area contributed by atoms with Crippen LogP contribution in [-0.2, 0) is 16.0 Å². The molecule has 0 aliphatic heterocycles. The molecule has 1 heterocycles. The molecule has 3 rings (SSSR count). The standard InChI is InChI=1S/C22H20ClN3O2S/c1-15(22(28)26-19-10-12-24-13-11-19)29-20-8-6-18(7-9-20)25-21(27)14-16-2-4-17(23)5-3-16/h2-13,15H,14H2,1H3,(H,25,27)(H,24,26,28). The number of nitrogens with one attached hydrogen (secondary N) is 2. The molecule has 0 aliphatic carbocycles. The largest absolute Gasteiger partial charge is 0.326 e. The van der Waals surface area contributed by atoms with Gasteiger partial charge < -0.3 is 10.6 Å². The summed E-state index contributed by atoms with van der Waals surface area (Å²) in [6.45, 7) is 1.85. The van der Waals surface area contributed by atoms with Gasteiger partial charge in [-0.25, -0.2) is 0 Å². The van der Waals surface area contributed by atoms with E-state index in [9.17, 15) is 9.59 Å². The topological polar surface area (TPSA) is 71.1 Å². The lowest BCUT2D eigenvalue weighted by molar-refractivity contribution is -0.116. The smallest absolute Gasteiger partial charge is 0.237 e. The van der Waals surface area contributed by atoms with E-state index in [0.717, 1.165) is 16.1 Å². The second kappa shape index (κ2) is 10.1. The van der Waals surface area contributed by atoms with E-state index in [-0.39, 0.29) is 23.5 Å². The molecule has 2 amide bonds. The van der Waals surface area contributed by atoms with Crippen LogP contribution >= 0.6 is 23.4 Å². The van der Waals surface area contributed by atoms with Crippen LogP contribution in [0.2, 0.25) is 5.02 Å². The molecule has 0 fully saturated rings. The maximum absolute atomic E-state index is 12.3. The first-order valence-corrected chi connectivity index (χ1v) is 10.3. The highest BCUT2D eigenvalue weighted by Gasteiger charge is 2.14. The van der Waals surface area contributed by atoms with Crippen molar-refractivity contribution in [3.63, 3.8) is 0 Å². The minimum absolute atomic E-state index is 0.0819. The van der Waals surface area contributed by atoms with Crippen molar-refractivity contribution in [3.8, 4) is 0 Å². The third-order valence-electron chi connectivity index (χ3n) is 4.05. The molecule has 0 radical (unpaired) electrons. The van der Waals surface area contributed by atoms with Crippen LogP contribution in [0.5, 0.6) is 0 Å². The second-order valence-corrected chi connectivity index (χ2v) is 8.21. The molecule has 29 heavy (non-hydrogen) atoms. The SMILES string of the molecule is CC(Sc1ccc(NC(=O)Cc2ccc(Cl)cc2)cc1)C(=O)Nc1ccncc1. The number of carbonyl (C=O) groups excluding carboxylic acids is 2. The lowest BCUT2D eigenvalue weighted by Gasteiger charge is -2.12. The molecule has 2 N–H and O–H groups in total. The van der Waals surface area contributed by atoms with E-state index in [2.05, 4.69) is 15.6 Å². The highest BCUT2D eigenvalue weighted by Crippen LogP contribution is 2.25. The maximum atomic E-state index is 12.3. The van der Waals surface area contributed by atoms with Gasteiger partial charge in [-0.2, -0.15) is 0 Å². The van der Waals surface area contributed by atoms with Crippen molar-refractivity contribution in [2.75, 3.05) is 10.6 Å². The molecule has 5 nitrogen and oxygen atoms in total. The minimum Gasteiger partial charge on any atom is -0.326 e. The fourth-order valence-electron chi connectivity index (χ4n) is 2.55. The summed E-state index contributed by atoms with van der Waals surface area (Å²) in [4.78, 5) is 29.4. The predicted molar refractivity (Wildman–Crippen MR) is 118 cm³/mol. The van der Waals surface area contributed by atoms with Gasteiger partial charge in [-0.1, -0.05) is 23.7 Å². The average molecular weight is 426 g/mol. The molecule has 3 aromatic rings. The number of aromatic nitrogens is 1. The Kier molecular flexibility index (Phi) is 7.27. The van der Waals surface area contributed by atoms with Gasteiger partial charge in [0.1, 0.15) is 0 Å². The third kappa shape index (κ3) is 6.62. The molecule has 1 unspecified atom stereocenters. The van der Waals surface area contributed by atoms with Gasteiger partial charge in [0.05, 0.1) is 11.7 Å². The quantitative estimate of drug-likeness (QED) is 0.520. The summed E-state index contributed by atoms with van der Waals surface area (Å²) in [6.07, 6.45) is 3.54. The van der Waals surface area contributed by atoms with E-state index >= 15 is 0 Å². The Balaban J connectivity index is 1.50. The summed E-state index contributed by atoms with van der Waals surface area (Å²) in [6, 6.07) is 18.1. The molecule has 0 aliphatic rings. The zero-order chi connectivity index (χ0) is 20.6. The summed E-state index contributed by atoms with van der Waals surface area (Å²) in [5.74, 6) is -0.181. The van der Waals surface area contributed by atoms with Crippen molar-refractivity contribution in [1.29, 1.82) is 0 Å².